The van der Waals surface area contributed by atoms with E-state index in [1.165, 1.54) is 28.9 Å². The van der Waals surface area contributed by atoms with Gasteiger partial charge in [-0.05, 0) is 31.2 Å². The van der Waals surface area contributed by atoms with Crippen LogP contribution in [0.1, 0.15) is 23.2 Å². The van der Waals surface area contributed by atoms with E-state index in [9.17, 15) is 18.3 Å². The maximum atomic E-state index is 13.4. The van der Waals surface area contributed by atoms with E-state index < -0.39 is 23.2 Å². The molecule has 26 heavy (non-hydrogen) atoms. The Balaban J connectivity index is 2.25. The second-order valence-electron chi connectivity index (χ2n) is 5.54. The lowest BCUT2D eigenvalue weighted by Crippen LogP contribution is -2.01. The standard InChI is InChI=1S/C18H13F2N3O2S/c1-11-2-4-12(5-3-11)17-15(10-21)16(18(19)20)22-23(17)13-6-8-14(9-7-13)26(24)25/h2-9,18H,1H3,(H,24,25). The number of nitrogens with zero attached hydrogens (tertiary/aromatic N) is 3. The molecule has 0 bridgehead atoms. The van der Waals surface area contributed by atoms with Crippen LogP contribution in [-0.4, -0.2) is 18.5 Å². The first-order valence-electron chi connectivity index (χ1n) is 7.52. The van der Waals surface area contributed by atoms with E-state index >= 15 is 0 Å². The van der Waals surface area contributed by atoms with Crippen molar-refractivity contribution in [2.24, 2.45) is 0 Å². The van der Waals surface area contributed by atoms with E-state index in [0.717, 1.165) is 5.56 Å². The normalized spacial score (nSPS) is 12.2. The van der Waals surface area contributed by atoms with Crippen LogP contribution in [0.25, 0.3) is 16.9 Å². The van der Waals surface area contributed by atoms with Crippen molar-refractivity contribution in [2.45, 2.75) is 18.2 Å². The van der Waals surface area contributed by atoms with Gasteiger partial charge < -0.3 is 4.55 Å². The van der Waals surface area contributed by atoms with Gasteiger partial charge >= 0.3 is 0 Å². The molecule has 2 aromatic carbocycles. The predicted octanol–water partition coefficient (Wildman–Crippen LogP) is 4.24. The molecule has 8 heteroatoms. The Labute approximate surface area is 150 Å². The summed E-state index contributed by atoms with van der Waals surface area (Å²) in [5, 5.41) is 13.4. The van der Waals surface area contributed by atoms with Crippen molar-refractivity contribution in [1.82, 2.24) is 9.78 Å². The molecule has 1 N–H and O–H groups in total. The van der Waals surface area contributed by atoms with Gasteiger partial charge in [0.15, 0.2) is 11.1 Å². The lowest BCUT2D eigenvalue weighted by molar-refractivity contribution is 0.145. The van der Waals surface area contributed by atoms with E-state index in [-0.39, 0.29) is 16.2 Å². The number of alkyl halides is 2. The Morgan fingerprint density at radius 3 is 2.27 bits per heavy atom. The number of aromatic nitrogens is 2. The summed E-state index contributed by atoms with van der Waals surface area (Å²) in [6, 6.07) is 14.7. The molecule has 132 valence electrons. The lowest BCUT2D eigenvalue weighted by Gasteiger charge is -2.09. The number of hydrogen-bond donors (Lipinski definition) is 1. The number of nitriles is 1. The Hall–Kier alpha value is -2.89. The molecule has 0 fully saturated rings. The minimum Gasteiger partial charge on any atom is -0.302 e. The molecule has 5 nitrogen and oxygen atoms in total. The average Bonchev–Trinajstić information content (AvgIpc) is 3.02. The molecule has 3 aromatic rings. The maximum Gasteiger partial charge on any atom is 0.283 e. The van der Waals surface area contributed by atoms with Crippen molar-refractivity contribution < 1.29 is 17.5 Å². The van der Waals surface area contributed by atoms with Gasteiger partial charge in [0.05, 0.1) is 16.3 Å². The molecule has 3 rings (SSSR count). The molecule has 0 amide bonds. The largest absolute Gasteiger partial charge is 0.302 e. The molecule has 0 aliphatic carbocycles. The molecule has 1 aromatic heterocycles. The van der Waals surface area contributed by atoms with Crippen molar-refractivity contribution in [2.75, 3.05) is 0 Å². The van der Waals surface area contributed by atoms with Gasteiger partial charge in [0.25, 0.3) is 6.43 Å². The fourth-order valence-corrected chi connectivity index (χ4v) is 2.94. The molecule has 1 heterocycles. The van der Waals surface area contributed by atoms with Gasteiger partial charge in [-0.2, -0.15) is 10.4 Å². The summed E-state index contributed by atoms with van der Waals surface area (Å²) in [5.41, 5.74) is 1.42. The van der Waals surface area contributed by atoms with Crippen LogP contribution in [0.4, 0.5) is 8.78 Å². The molecule has 1 unspecified atom stereocenters. The highest BCUT2D eigenvalue weighted by molar-refractivity contribution is 7.79. The van der Waals surface area contributed by atoms with Gasteiger partial charge in [0.1, 0.15) is 17.3 Å². The third-order valence-corrected chi connectivity index (χ3v) is 4.51. The number of benzene rings is 2. The molecule has 0 aliphatic rings. The highest BCUT2D eigenvalue weighted by Crippen LogP contribution is 2.33. The first-order chi connectivity index (χ1) is 12.4. The van der Waals surface area contributed by atoms with Gasteiger partial charge in [0, 0.05) is 5.56 Å². The minimum absolute atomic E-state index is 0.174. The first-order valence-corrected chi connectivity index (χ1v) is 8.62. The average molecular weight is 373 g/mol. The van der Waals surface area contributed by atoms with E-state index in [4.69, 9.17) is 4.55 Å². The fraction of sp³-hybridized carbons (Fsp3) is 0.111. The zero-order valence-corrected chi connectivity index (χ0v) is 14.4. The second-order valence-corrected chi connectivity index (χ2v) is 6.51. The summed E-state index contributed by atoms with van der Waals surface area (Å²) in [7, 11) is 0. The number of hydrogen-bond acceptors (Lipinski definition) is 3. The van der Waals surface area contributed by atoms with Crippen molar-refractivity contribution in [3.05, 3.63) is 65.4 Å². The lowest BCUT2D eigenvalue weighted by atomic mass is 10.0. The summed E-state index contributed by atoms with van der Waals surface area (Å²) >= 11 is -2.15. The Morgan fingerprint density at radius 2 is 1.77 bits per heavy atom. The van der Waals surface area contributed by atoms with Crippen molar-refractivity contribution in [3.63, 3.8) is 0 Å². The monoisotopic (exact) mass is 373 g/mol. The third-order valence-electron chi connectivity index (χ3n) is 3.84. The van der Waals surface area contributed by atoms with Gasteiger partial charge in [-0.15, -0.1) is 0 Å². The van der Waals surface area contributed by atoms with Crippen LogP contribution < -0.4 is 0 Å². The highest BCUT2D eigenvalue weighted by atomic mass is 32.2. The molecule has 1 atom stereocenters. The SMILES string of the molecule is Cc1ccc(-c2c(C#N)c(C(F)F)nn2-c2ccc(S(=O)O)cc2)cc1. The molecule has 0 aliphatic heterocycles. The maximum absolute atomic E-state index is 13.4. The van der Waals surface area contributed by atoms with Crippen molar-refractivity contribution in [3.8, 4) is 23.0 Å². The van der Waals surface area contributed by atoms with Crippen LogP contribution >= 0.6 is 0 Å². The van der Waals surface area contributed by atoms with Crippen molar-refractivity contribution in [1.29, 1.82) is 5.26 Å². The van der Waals surface area contributed by atoms with E-state index in [1.807, 2.05) is 25.1 Å². The quantitative estimate of drug-likeness (QED) is 0.694. The topological polar surface area (TPSA) is 78.9 Å². The van der Waals surface area contributed by atoms with Crippen molar-refractivity contribution >= 4 is 11.1 Å². The zero-order chi connectivity index (χ0) is 18.8. The molecular weight excluding hydrogens is 360 g/mol. The van der Waals surface area contributed by atoms with Crippen LogP contribution in [0.3, 0.4) is 0 Å². The van der Waals surface area contributed by atoms with E-state index in [0.29, 0.717) is 11.3 Å². The summed E-state index contributed by atoms with van der Waals surface area (Å²) in [6.45, 7) is 1.89. The molecule has 0 saturated heterocycles. The van der Waals surface area contributed by atoms with Gasteiger partial charge in [-0.25, -0.2) is 17.7 Å². The van der Waals surface area contributed by atoms with Gasteiger partial charge in [0.2, 0.25) is 0 Å². The van der Waals surface area contributed by atoms with Crippen LogP contribution in [0, 0.1) is 18.3 Å². The Bertz CT molecular complexity index is 1010. The molecule has 0 radical (unpaired) electrons. The zero-order valence-electron chi connectivity index (χ0n) is 13.6. The number of rotatable bonds is 4. The van der Waals surface area contributed by atoms with Crippen LogP contribution in [0.15, 0.2) is 53.4 Å². The summed E-state index contributed by atoms with van der Waals surface area (Å²) in [5.74, 6) is 0. The van der Waals surface area contributed by atoms with Crippen LogP contribution in [0.5, 0.6) is 0 Å². The molecule has 0 spiro atoms. The fourth-order valence-electron chi connectivity index (χ4n) is 2.57. The number of halogens is 2. The minimum atomic E-state index is -2.90. The summed E-state index contributed by atoms with van der Waals surface area (Å²) in [6.07, 6.45) is -2.90. The smallest absolute Gasteiger partial charge is 0.283 e. The van der Waals surface area contributed by atoms with E-state index in [1.54, 1.807) is 12.1 Å². The van der Waals surface area contributed by atoms with E-state index in [2.05, 4.69) is 5.10 Å². The number of aryl methyl sites for hydroxylation is 1. The predicted molar refractivity (Wildman–Crippen MR) is 92.4 cm³/mol. The van der Waals surface area contributed by atoms with Gasteiger partial charge in [-0.1, -0.05) is 29.8 Å². The molecular formula is C18H13F2N3O2S. The van der Waals surface area contributed by atoms with Gasteiger partial charge in [-0.3, -0.25) is 0 Å². The second kappa shape index (κ2) is 7.15. The Kier molecular flexibility index (Phi) is 4.93. The Morgan fingerprint density at radius 1 is 1.15 bits per heavy atom. The highest BCUT2D eigenvalue weighted by Gasteiger charge is 2.25. The van der Waals surface area contributed by atoms with Crippen LogP contribution in [-0.2, 0) is 11.1 Å². The van der Waals surface area contributed by atoms with Crippen LogP contribution in [0.2, 0.25) is 0 Å². The summed E-state index contributed by atoms with van der Waals surface area (Å²) in [4.78, 5) is 0.174. The third kappa shape index (κ3) is 3.27. The first kappa shape index (κ1) is 17.9. The summed E-state index contributed by atoms with van der Waals surface area (Å²) < 4.78 is 48.2. The molecule has 0 saturated carbocycles.